The molecule has 0 radical (unpaired) electrons. The van der Waals surface area contributed by atoms with E-state index in [0.29, 0.717) is 11.4 Å². The first-order chi connectivity index (χ1) is 13.6. The molecular weight excluding hydrogens is 394 g/mol. The van der Waals surface area contributed by atoms with Gasteiger partial charge in [0, 0.05) is 0 Å². The first-order valence-corrected chi connectivity index (χ1v) is 10.5. The minimum absolute atomic E-state index is 0.0265. The number of nitrogens with one attached hydrogen (secondary N) is 2. The number of amides is 2. The van der Waals surface area contributed by atoms with Gasteiger partial charge in [0.15, 0.2) is 6.61 Å². The minimum Gasteiger partial charge on any atom is -0.482 e. The number of sulfonamides is 1. The van der Waals surface area contributed by atoms with Crippen molar-refractivity contribution >= 4 is 27.5 Å². The van der Waals surface area contributed by atoms with Crippen molar-refractivity contribution < 1.29 is 22.7 Å². The van der Waals surface area contributed by atoms with Crippen molar-refractivity contribution in [3.63, 3.8) is 0 Å². The van der Waals surface area contributed by atoms with Crippen molar-refractivity contribution in [2.75, 3.05) is 18.1 Å². The second-order valence-electron chi connectivity index (χ2n) is 7.66. The third kappa shape index (κ3) is 4.75. The molecule has 1 aliphatic rings. The summed E-state index contributed by atoms with van der Waals surface area (Å²) in [6.45, 7) is 5.56. The topological polar surface area (TPSA) is 105 Å². The van der Waals surface area contributed by atoms with Crippen LogP contribution in [-0.2, 0) is 25.0 Å². The molecule has 2 aromatic carbocycles. The van der Waals surface area contributed by atoms with Gasteiger partial charge >= 0.3 is 0 Å². The summed E-state index contributed by atoms with van der Waals surface area (Å²) in [5, 5.41) is 0. The lowest BCUT2D eigenvalue weighted by molar-refractivity contribution is -0.125. The number of hydrogen-bond donors (Lipinski definition) is 2. The quantitative estimate of drug-likeness (QED) is 0.721. The molecule has 29 heavy (non-hydrogen) atoms. The number of ether oxygens (including phenoxy) is 1. The Morgan fingerprint density at radius 1 is 1.10 bits per heavy atom. The van der Waals surface area contributed by atoms with E-state index in [4.69, 9.17) is 4.74 Å². The van der Waals surface area contributed by atoms with Gasteiger partial charge < -0.3 is 4.74 Å². The number of hydrazine groups is 1. The fourth-order valence-electron chi connectivity index (χ4n) is 2.83. The second kappa shape index (κ2) is 7.84. The lowest BCUT2D eigenvalue weighted by atomic mass is 9.87. The van der Waals surface area contributed by atoms with E-state index in [1.54, 1.807) is 36.4 Å². The average Bonchev–Trinajstić information content (AvgIpc) is 2.68. The molecule has 3 rings (SSSR count). The van der Waals surface area contributed by atoms with Crippen LogP contribution < -0.4 is 19.9 Å². The highest BCUT2D eigenvalue weighted by Crippen LogP contribution is 2.31. The van der Waals surface area contributed by atoms with Gasteiger partial charge in [-0.2, -0.15) is 0 Å². The fourth-order valence-corrected chi connectivity index (χ4v) is 3.69. The van der Waals surface area contributed by atoms with Crippen molar-refractivity contribution in [2.45, 2.75) is 31.1 Å². The molecule has 2 amide bonds. The number of carbonyl (C=O) groups is 2. The summed E-state index contributed by atoms with van der Waals surface area (Å²) in [7, 11) is -3.94. The van der Waals surface area contributed by atoms with Gasteiger partial charge in [-0.3, -0.25) is 19.9 Å². The van der Waals surface area contributed by atoms with Gasteiger partial charge in [-0.1, -0.05) is 45.0 Å². The van der Waals surface area contributed by atoms with Crippen molar-refractivity contribution in [3.8, 4) is 5.75 Å². The normalized spacial score (nSPS) is 14.2. The Labute approximate surface area is 169 Å². The predicted molar refractivity (Wildman–Crippen MR) is 108 cm³/mol. The maximum atomic E-state index is 12.4. The molecule has 0 bridgehead atoms. The highest BCUT2D eigenvalue weighted by Gasteiger charge is 2.27. The lowest BCUT2D eigenvalue weighted by Gasteiger charge is -2.28. The smallest absolute Gasteiger partial charge is 0.265 e. The van der Waals surface area contributed by atoms with E-state index in [9.17, 15) is 18.0 Å². The molecule has 0 aliphatic carbocycles. The van der Waals surface area contributed by atoms with E-state index in [-0.39, 0.29) is 29.4 Å². The zero-order valence-electron chi connectivity index (χ0n) is 16.4. The Morgan fingerprint density at radius 3 is 2.41 bits per heavy atom. The van der Waals surface area contributed by atoms with Crippen molar-refractivity contribution in [2.24, 2.45) is 0 Å². The summed E-state index contributed by atoms with van der Waals surface area (Å²) < 4.78 is 30.2. The number of fused-ring (bicyclic) bond motifs is 1. The van der Waals surface area contributed by atoms with Crippen LogP contribution in [0.4, 0.5) is 5.69 Å². The molecule has 2 aromatic rings. The van der Waals surface area contributed by atoms with Crippen LogP contribution in [0.2, 0.25) is 0 Å². The second-order valence-corrected chi connectivity index (χ2v) is 9.35. The van der Waals surface area contributed by atoms with Crippen molar-refractivity contribution in [1.82, 2.24) is 10.3 Å². The molecule has 0 fully saturated rings. The van der Waals surface area contributed by atoms with Crippen LogP contribution in [-0.4, -0.2) is 33.4 Å². The third-order valence-electron chi connectivity index (χ3n) is 4.47. The third-order valence-corrected chi connectivity index (χ3v) is 5.73. The summed E-state index contributed by atoms with van der Waals surface area (Å²) in [6, 6.07) is 13.3. The van der Waals surface area contributed by atoms with Gasteiger partial charge in [-0.05, 0) is 35.2 Å². The van der Waals surface area contributed by atoms with E-state index in [2.05, 4.69) is 10.3 Å². The number of nitrogens with zero attached hydrogens (tertiary/aromatic N) is 1. The Kier molecular flexibility index (Phi) is 5.63. The van der Waals surface area contributed by atoms with Crippen LogP contribution in [0.15, 0.2) is 53.4 Å². The Hall–Kier alpha value is -2.91. The standard InChI is InChI=1S/C20H23N3O5S/c1-20(2,3)14-8-10-15(11-9-14)29(26,27)22-21-18(24)12-23-16-6-4-5-7-17(16)28-13-19(23)25/h4-11,22H,12-13H2,1-3H3,(H,21,24). The number of rotatable bonds is 5. The van der Waals surface area contributed by atoms with E-state index in [0.717, 1.165) is 5.56 Å². The van der Waals surface area contributed by atoms with Gasteiger partial charge in [0.25, 0.3) is 21.8 Å². The van der Waals surface area contributed by atoms with E-state index in [1.165, 1.54) is 17.0 Å². The first-order valence-electron chi connectivity index (χ1n) is 9.01. The zero-order chi connectivity index (χ0) is 21.2. The molecule has 0 spiro atoms. The molecule has 0 atom stereocenters. The van der Waals surface area contributed by atoms with Gasteiger partial charge in [0.1, 0.15) is 12.3 Å². The molecule has 8 nitrogen and oxygen atoms in total. The summed E-state index contributed by atoms with van der Waals surface area (Å²) >= 11 is 0. The summed E-state index contributed by atoms with van der Waals surface area (Å²) in [4.78, 5) is 27.7. The Bertz CT molecular complexity index is 1030. The highest BCUT2D eigenvalue weighted by atomic mass is 32.2. The number of hydrogen-bond acceptors (Lipinski definition) is 5. The summed E-state index contributed by atoms with van der Waals surface area (Å²) in [5.74, 6) is -0.580. The molecule has 1 heterocycles. The van der Waals surface area contributed by atoms with Crippen LogP contribution >= 0.6 is 0 Å². The molecular formula is C20H23N3O5S. The summed E-state index contributed by atoms with van der Waals surface area (Å²) in [6.07, 6.45) is 0. The summed E-state index contributed by atoms with van der Waals surface area (Å²) in [5.41, 5.74) is 3.50. The van der Waals surface area contributed by atoms with Crippen LogP contribution in [0, 0.1) is 0 Å². The first kappa shape index (κ1) is 20.8. The van der Waals surface area contributed by atoms with Crippen LogP contribution in [0.3, 0.4) is 0 Å². The van der Waals surface area contributed by atoms with Crippen molar-refractivity contribution in [3.05, 3.63) is 54.1 Å². The Balaban J connectivity index is 1.65. The SMILES string of the molecule is CC(C)(C)c1ccc(S(=O)(=O)NNC(=O)CN2C(=O)COc3ccccc32)cc1. The van der Waals surface area contributed by atoms with Crippen molar-refractivity contribution in [1.29, 1.82) is 0 Å². The fraction of sp³-hybridized carbons (Fsp3) is 0.300. The molecule has 154 valence electrons. The van der Waals surface area contributed by atoms with Gasteiger partial charge in [-0.15, -0.1) is 4.83 Å². The molecule has 0 saturated carbocycles. The maximum Gasteiger partial charge on any atom is 0.265 e. The van der Waals surface area contributed by atoms with Crippen LogP contribution in [0.5, 0.6) is 5.75 Å². The predicted octanol–water partition coefficient (Wildman–Crippen LogP) is 1.72. The number of benzene rings is 2. The van der Waals surface area contributed by atoms with E-state index >= 15 is 0 Å². The molecule has 0 saturated heterocycles. The van der Waals surface area contributed by atoms with Crippen LogP contribution in [0.25, 0.3) is 0 Å². The molecule has 1 aliphatic heterocycles. The highest BCUT2D eigenvalue weighted by molar-refractivity contribution is 7.89. The number of anilines is 1. The Morgan fingerprint density at radius 2 is 1.76 bits per heavy atom. The largest absolute Gasteiger partial charge is 0.482 e. The number of para-hydroxylation sites is 2. The van der Waals surface area contributed by atoms with Gasteiger partial charge in [0.2, 0.25) is 0 Å². The lowest BCUT2D eigenvalue weighted by Crippen LogP contribution is -2.49. The molecule has 0 unspecified atom stereocenters. The van der Waals surface area contributed by atoms with Gasteiger partial charge in [-0.25, -0.2) is 8.42 Å². The minimum atomic E-state index is -3.94. The average molecular weight is 417 g/mol. The monoisotopic (exact) mass is 417 g/mol. The van der Waals surface area contributed by atoms with E-state index in [1.807, 2.05) is 20.8 Å². The molecule has 9 heteroatoms. The number of carbonyl (C=O) groups excluding carboxylic acids is 2. The molecule has 2 N–H and O–H groups in total. The van der Waals surface area contributed by atoms with Crippen LogP contribution in [0.1, 0.15) is 26.3 Å². The maximum absolute atomic E-state index is 12.4. The molecule has 0 aromatic heterocycles. The van der Waals surface area contributed by atoms with E-state index < -0.39 is 15.9 Å². The van der Waals surface area contributed by atoms with Gasteiger partial charge in [0.05, 0.1) is 10.6 Å². The zero-order valence-corrected chi connectivity index (χ0v) is 17.2.